The molecular weight excluding hydrogens is 328 g/mol. The van der Waals surface area contributed by atoms with Gasteiger partial charge < -0.3 is 15.3 Å². The maximum Gasteiger partial charge on any atom is 0.0606 e. The molecule has 0 aliphatic heterocycles. The zero-order valence-electron chi connectivity index (χ0n) is 13.5. The molecule has 2 N–H and O–H groups in total. The molecule has 3 nitrogen and oxygen atoms in total. The third kappa shape index (κ3) is 6.81. The molecule has 0 saturated carbocycles. The highest BCUT2D eigenvalue weighted by Crippen LogP contribution is 2.25. The van der Waals surface area contributed by atoms with Gasteiger partial charge in [0.05, 0.1) is 6.61 Å². The minimum absolute atomic E-state index is 0.190. The summed E-state index contributed by atoms with van der Waals surface area (Å²) in [5.74, 6) is 0.650. The predicted octanol–water partition coefficient (Wildman–Crippen LogP) is 3.79. The van der Waals surface area contributed by atoms with Gasteiger partial charge in [-0.1, -0.05) is 49.2 Å². The highest BCUT2D eigenvalue weighted by Gasteiger charge is 2.11. The van der Waals surface area contributed by atoms with Crippen LogP contribution in [0.1, 0.15) is 39.2 Å². The van der Waals surface area contributed by atoms with Crippen molar-refractivity contribution in [1.82, 2.24) is 5.32 Å². The first kappa shape index (κ1) is 18.5. The van der Waals surface area contributed by atoms with Crippen LogP contribution in [0.2, 0.25) is 0 Å². The molecule has 4 heteroatoms. The molecule has 0 amide bonds. The van der Waals surface area contributed by atoms with Crippen molar-refractivity contribution < 1.29 is 5.11 Å². The first-order chi connectivity index (χ1) is 10.1. The minimum Gasteiger partial charge on any atom is -0.395 e. The van der Waals surface area contributed by atoms with Gasteiger partial charge in [0.2, 0.25) is 0 Å². The Labute approximate surface area is 137 Å². The smallest absolute Gasteiger partial charge is 0.0606 e. The molecule has 0 fully saturated rings. The molecule has 1 aromatic rings. The summed E-state index contributed by atoms with van der Waals surface area (Å²) in [6.45, 7) is 10.4. The van der Waals surface area contributed by atoms with Crippen molar-refractivity contribution in [2.75, 3.05) is 31.1 Å². The number of hydrogen-bond donors (Lipinski definition) is 2. The molecule has 0 aliphatic rings. The molecule has 0 unspecified atom stereocenters. The number of rotatable bonds is 10. The molecular formula is C17H29BrN2O. The zero-order chi connectivity index (χ0) is 15.7. The molecule has 0 heterocycles. The Morgan fingerprint density at radius 3 is 2.67 bits per heavy atom. The van der Waals surface area contributed by atoms with Crippen LogP contribution in [-0.2, 0) is 6.54 Å². The first-order valence-electron chi connectivity index (χ1n) is 7.93. The molecule has 0 bridgehead atoms. The van der Waals surface area contributed by atoms with E-state index in [0.29, 0.717) is 12.5 Å². The number of halogens is 1. The molecule has 0 radical (unpaired) electrons. The highest BCUT2D eigenvalue weighted by molar-refractivity contribution is 9.10. The lowest BCUT2D eigenvalue weighted by atomic mass is 10.1. The summed E-state index contributed by atoms with van der Waals surface area (Å²) in [6.07, 6.45) is 2.31. The maximum absolute atomic E-state index is 9.34. The number of nitrogens with zero attached hydrogens (tertiary/aromatic N) is 1. The van der Waals surface area contributed by atoms with Crippen LogP contribution >= 0.6 is 15.9 Å². The molecule has 1 aromatic carbocycles. The number of nitrogens with one attached hydrogen (secondary N) is 1. The van der Waals surface area contributed by atoms with Crippen LogP contribution in [0.5, 0.6) is 0 Å². The number of hydrogen-bond acceptors (Lipinski definition) is 3. The summed E-state index contributed by atoms with van der Waals surface area (Å²) in [4.78, 5) is 2.29. The summed E-state index contributed by atoms with van der Waals surface area (Å²) in [5, 5.41) is 12.8. The van der Waals surface area contributed by atoms with Gasteiger partial charge in [0.15, 0.2) is 0 Å². The number of aliphatic hydroxyl groups is 1. The van der Waals surface area contributed by atoms with E-state index >= 15 is 0 Å². The van der Waals surface area contributed by atoms with E-state index in [4.69, 9.17) is 0 Å². The van der Waals surface area contributed by atoms with Crippen LogP contribution in [0.3, 0.4) is 0 Å². The standard InChI is InChI=1S/C17H29BrN2O/c1-4-5-8-20(9-10-21)17-11-16(18)7-6-15(17)13-19-12-14(2)3/h6-7,11,14,19,21H,4-5,8-10,12-13H2,1-3H3. The van der Waals surface area contributed by atoms with E-state index in [-0.39, 0.29) is 6.61 Å². The minimum atomic E-state index is 0.190. The van der Waals surface area contributed by atoms with Crippen molar-refractivity contribution in [2.45, 2.75) is 40.2 Å². The van der Waals surface area contributed by atoms with Gasteiger partial charge in [-0.25, -0.2) is 0 Å². The van der Waals surface area contributed by atoms with Crippen molar-refractivity contribution in [2.24, 2.45) is 5.92 Å². The third-order valence-electron chi connectivity index (χ3n) is 3.41. The highest BCUT2D eigenvalue weighted by atomic mass is 79.9. The topological polar surface area (TPSA) is 35.5 Å². The van der Waals surface area contributed by atoms with E-state index < -0.39 is 0 Å². The van der Waals surface area contributed by atoms with Crippen LogP contribution in [0, 0.1) is 5.92 Å². The van der Waals surface area contributed by atoms with Gasteiger partial charge in [0, 0.05) is 29.8 Å². The SMILES string of the molecule is CCCCN(CCO)c1cc(Br)ccc1CNCC(C)C. The lowest BCUT2D eigenvalue weighted by Crippen LogP contribution is -2.30. The Bertz CT molecular complexity index is 410. The Kier molecular flexibility index (Phi) is 8.97. The molecule has 0 aromatic heterocycles. The lowest BCUT2D eigenvalue weighted by Gasteiger charge is -2.27. The van der Waals surface area contributed by atoms with Crippen LogP contribution < -0.4 is 10.2 Å². The van der Waals surface area contributed by atoms with Crippen molar-refractivity contribution in [3.63, 3.8) is 0 Å². The van der Waals surface area contributed by atoms with E-state index in [2.05, 4.69) is 65.1 Å². The summed E-state index contributed by atoms with van der Waals surface area (Å²) in [5.41, 5.74) is 2.52. The number of aliphatic hydroxyl groups excluding tert-OH is 1. The van der Waals surface area contributed by atoms with E-state index in [1.54, 1.807) is 0 Å². The van der Waals surface area contributed by atoms with Gasteiger partial charge in [0.1, 0.15) is 0 Å². The van der Waals surface area contributed by atoms with Gasteiger partial charge in [-0.05, 0) is 36.6 Å². The van der Waals surface area contributed by atoms with Gasteiger partial charge in [0.25, 0.3) is 0 Å². The van der Waals surface area contributed by atoms with Gasteiger partial charge in [-0.2, -0.15) is 0 Å². The van der Waals surface area contributed by atoms with Crippen LogP contribution in [0.15, 0.2) is 22.7 Å². The zero-order valence-corrected chi connectivity index (χ0v) is 15.1. The van der Waals surface area contributed by atoms with Crippen molar-refractivity contribution >= 4 is 21.6 Å². The third-order valence-corrected chi connectivity index (χ3v) is 3.90. The van der Waals surface area contributed by atoms with Crippen LogP contribution in [0.25, 0.3) is 0 Å². The Balaban J connectivity index is 2.86. The van der Waals surface area contributed by atoms with E-state index in [0.717, 1.165) is 36.9 Å². The summed E-state index contributed by atoms with van der Waals surface area (Å²) in [6, 6.07) is 6.42. The molecule has 1 rings (SSSR count). The second-order valence-corrected chi connectivity index (χ2v) is 6.78. The number of unbranched alkanes of at least 4 members (excludes halogenated alkanes) is 1. The molecule has 120 valence electrons. The second-order valence-electron chi connectivity index (χ2n) is 5.86. The van der Waals surface area contributed by atoms with Gasteiger partial charge in [-0.3, -0.25) is 0 Å². The molecule has 21 heavy (non-hydrogen) atoms. The van der Waals surface area contributed by atoms with Crippen LogP contribution in [-0.4, -0.2) is 31.3 Å². The fourth-order valence-corrected chi connectivity index (χ4v) is 2.65. The van der Waals surface area contributed by atoms with E-state index in [1.165, 1.54) is 11.3 Å². The van der Waals surface area contributed by atoms with Crippen molar-refractivity contribution in [1.29, 1.82) is 0 Å². The summed E-state index contributed by atoms with van der Waals surface area (Å²) in [7, 11) is 0. The molecule has 0 saturated heterocycles. The van der Waals surface area contributed by atoms with E-state index in [9.17, 15) is 5.11 Å². The first-order valence-corrected chi connectivity index (χ1v) is 8.72. The number of benzene rings is 1. The van der Waals surface area contributed by atoms with Gasteiger partial charge in [-0.15, -0.1) is 0 Å². The summed E-state index contributed by atoms with van der Waals surface area (Å²) < 4.78 is 1.09. The Hall–Kier alpha value is -0.580. The molecule has 0 atom stereocenters. The quantitative estimate of drug-likeness (QED) is 0.669. The Morgan fingerprint density at radius 2 is 2.05 bits per heavy atom. The molecule has 0 aliphatic carbocycles. The predicted molar refractivity (Wildman–Crippen MR) is 94.9 cm³/mol. The fraction of sp³-hybridized carbons (Fsp3) is 0.647. The maximum atomic E-state index is 9.34. The average Bonchev–Trinajstić information content (AvgIpc) is 2.44. The fourth-order valence-electron chi connectivity index (χ4n) is 2.30. The van der Waals surface area contributed by atoms with Crippen molar-refractivity contribution in [3.8, 4) is 0 Å². The monoisotopic (exact) mass is 356 g/mol. The average molecular weight is 357 g/mol. The number of anilines is 1. The van der Waals surface area contributed by atoms with Gasteiger partial charge >= 0.3 is 0 Å². The Morgan fingerprint density at radius 1 is 1.29 bits per heavy atom. The van der Waals surface area contributed by atoms with Crippen molar-refractivity contribution in [3.05, 3.63) is 28.2 Å². The molecule has 0 spiro atoms. The van der Waals surface area contributed by atoms with E-state index in [1.807, 2.05) is 0 Å². The second kappa shape index (κ2) is 10.2. The summed E-state index contributed by atoms with van der Waals surface area (Å²) >= 11 is 3.57. The normalized spacial score (nSPS) is 11.1. The lowest BCUT2D eigenvalue weighted by molar-refractivity contribution is 0.301. The largest absolute Gasteiger partial charge is 0.395 e. The van der Waals surface area contributed by atoms with Crippen LogP contribution in [0.4, 0.5) is 5.69 Å².